The summed E-state index contributed by atoms with van der Waals surface area (Å²) in [6, 6.07) is 19.5. The van der Waals surface area contributed by atoms with Gasteiger partial charge in [0.1, 0.15) is 5.75 Å². The van der Waals surface area contributed by atoms with E-state index in [2.05, 4.69) is 26.0 Å². The Balaban J connectivity index is 1.88. The molecule has 4 rings (SSSR count). The molecule has 6 heteroatoms. The summed E-state index contributed by atoms with van der Waals surface area (Å²) in [6.45, 7) is 0. The molecule has 0 saturated carbocycles. The van der Waals surface area contributed by atoms with Gasteiger partial charge in [0.15, 0.2) is 0 Å². The number of hydrogen-bond donors (Lipinski definition) is 1. The second-order valence-electron chi connectivity index (χ2n) is 5.88. The molecule has 3 aromatic carbocycles. The predicted octanol–water partition coefficient (Wildman–Crippen LogP) is 5.25. The molecule has 4 nitrogen and oxygen atoms in total. The first-order valence-corrected chi connectivity index (χ1v) is 9.99. The van der Waals surface area contributed by atoms with Gasteiger partial charge in [-0.05, 0) is 22.9 Å². The average Bonchev–Trinajstić information content (AvgIpc) is 3.10. The van der Waals surface area contributed by atoms with Gasteiger partial charge in [-0.25, -0.2) is 4.68 Å². The average molecular weight is 438 g/mol. The zero-order valence-electron chi connectivity index (χ0n) is 14.5. The van der Waals surface area contributed by atoms with Crippen LogP contribution in [0, 0.1) is 0 Å². The van der Waals surface area contributed by atoms with Crippen molar-refractivity contribution in [3.8, 4) is 17.0 Å². The summed E-state index contributed by atoms with van der Waals surface area (Å²) in [5.41, 5.74) is 2.65. The Morgan fingerprint density at radius 3 is 2.63 bits per heavy atom. The van der Waals surface area contributed by atoms with Crippen LogP contribution in [0.3, 0.4) is 0 Å². The molecular formula is C21H16BrN3OS. The van der Waals surface area contributed by atoms with Gasteiger partial charge in [-0.1, -0.05) is 64.5 Å². The maximum Gasteiger partial charge on any atom is 0.205 e. The van der Waals surface area contributed by atoms with Gasteiger partial charge < -0.3 is 5.11 Å². The third-order valence-corrected chi connectivity index (χ3v) is 5.88. The number of aromatic hydroxyl groups is 1. The number of rotatable bonds is 3. The first-order chi connectivity index (χ1) is 13.2. The molecular weight excluding hydrogens is 422 g/mol. The molecule has 0 aliphatic carbocycles. The van der Waals surface area contributed by atoms with Crippen LogP contribution in [0.2, 0.25) is 0 Å². The number of nitrogens with zero attached hydrogens (tertiary/aromatic N) is 3. The van der Waals surface area contributed by atoms with Crippen LogP contribution in [-0.4, -0.2) is 23.0 Å². The minimum atomic E-state index is 0.200. The lowest BCUT2D eigenvalue weighted by molar-refractivity contribution is 0.475. The Labute approximate surface area is 168 Å². The Kier molecular flexibility index (Phi) is 4.92. The largest absolute Gasteiger partial charge is 0.507 e. The van der Waals surface area contributed by atoms with Gasteiger partial charge in [-0.15, -0.1) is 11.3 Å². The molecule has 1 N–H and O–H groups in total. The van der Waals surface area contributed by atoms with Gasteiger partial charge in [0, 0.05) is 28.0 Å². The Morgan fingerprint density at radius 1 is 1.04 bits per heavy atom. The molecule has 0 unspecified atom stereocenters. The number of phenolic OH excluding ortho intramolecular Hbond substituents is 1. The van der Waals surface area contributed by atoms with E-state index in [0.717, 1.165) is 31.3 Å². The highest BCUT2D eigenvalue weighted by Gasteiger charge is 2.11. The van der Waals surface area contributed by atoms with E-state index in [1.54, 1.807) is 24.0 Å². The highest BCUT2D eigenvalue weighted by atomic mass is 79.9. The molecule has 0 radical (unpaired) electrons. The van der Waals surface area contributed by atoms with Gasteiger partial charge >= 0.3 is 0 Å². The van der Waals surface area contributed by atoms with E-state index in [-0.39, 0.29) is 5.75 Å². The highest BCUT2D eigenvalue weighted by Crippen LogP contribution is 2.29. The zero-order valence-corrected chi connectivity index (χ0v) is 16.9. The molecule has 0 atom stereocenters. The van der Waals surface area contributed by atoms with E-state index >= 15 is 0 Å². The molecule has 1 heterocycles. The number of fused-ring (bicyclic) bond motifs is 1. The van der Waals surface area contributed by atoms with Crippen LogP contribution in [0.15, 0.2) is 80.6 Å². The van der Waals surface area contributed by atoms with E-state index in [1.165, 1.54) is 11.3 Å². The highest BCUT2D eigenvalue weighted by molar-refractivity contribution is 9.10. The van der Waals surface area contributed by atoms with Crippen molar-refractivity contribution in [1.29, 1.82) is 0 Å². The van der Waals surface area contributed by atoms with Crippen molar-refractivity contribution < 1.29 is 5.11 Å². The van der Waals surface area contributed by atoms with Crippen LogP contribution in [0.1, 0.15) is 5.56 Å². The maximum atomic E-state index is 10.4. The lowest BCUT2D eigenvalue weighted by Crippen LogP contribution is -2.11. The fourth-order valence-corrected chi connectivity index (χ4v) is 4.23. The minimum absolute atomic E-state index is 0.200. The summed E-state index contributed by atoms with van der Waals surface area (Å²) in [5.74, 6) is 0.200. The normalized spacial score (nSPS) is 12.3. The fourth-order valence-electron chi connectivity index (χ4n) is 2.95. The summed E-state index contributed by atoms with van der Waals surface area (Å²) >= 11 is 5.13. The molecule has 0 aliphatic heterocycles. The zero-order chi connectivity index (χ0) is 18.8. The number of aromatic nitrogens is 1. The van der Waals surface area contributed by atoms with E-state index in [0.29, 0.717) is 5.56 Å². The monoisotopic (exact) mass is 437 g/mol. The quantitative estimate of drug-likeness (QED) is 0.437. The maximum absolute atomic E-state index is 10.4. The molecule has 4 aromatic rings. The molecule has 0 bridgehead atoms. The van der Waals surface area contributed by atoms with Crippen LogP contribution < -0.4 is 4.80 Å². The Hall–Kier alpha value is -2.70. The van der Waals surface area contributed by atoms with Crippen LogP contribution in [0.4, 0.5) is 0 Å². The molecule has 27 heavy (non-hydrogen) atoms. The lowest BCUT2D eigenvalue weighted by atomic mass is 10.0. The molecule has 0 amide bonds. The van der Waals surface area contributed by atoms with E-state index < -0.39 is 0 Å². The Morgan fingerprint density at radius 2 is 1.81 bits per heavy atom. The number of hydrogen-bond acceptors (Lipinski definition) is 4. The number of phenols is 1. The van der Waals surface area contributed by atoms with Crippen molar-refractivity contribution in [2.75, 3.05) is 7.05 Å². The molecule has 134 valence electrons. The lowest BCUT2D eigenvalue weighted by Gasteiger charge is -2.07. The predicted molar refractivity (Wildman–Crippen MR) is 116 cm³/mol. The summed E-state index contributed by atoms with van der Waals surface area (Å²) in [5, 5.41) is 19.1. The van der Waals surface area contributed by atoms with Crippen LogP contribution >= 0.6 is 27.3 Å². The summed E-state index contributed by atoms with van der Waals surface area (Å²) in [6.07, 6.45) is 1.69. The SMILES string of the molecule is CN=c1scc(-c2ccccc2Br)n1N=Cc1c(O)ccc2ccccc12. The molecule has 0 fully saturated rings. The van der Waals surface area contributed by atoms with Crippen molar-refractivity contribution in [3.63, 3.8) is 0 Å². The molecule has 0 saturated heterocycles. The van der Waals surface area contributed by atoms with Crippen LogP contribution in [0.5, 0.6) is 5.75 Å². The number of thiazole rings is 1. The van der Waals surface area contributed by atoms with Crippen LogP contribution in [-0.2, 0) is 0 Å². The minimum Gasteiger partial charge on any atom is -0.507 e. The Bertz CT molecular complexity index is 1220. The topological polar surface area (TPSA) is 49.9 Å². The van der Waals surface area contributed by atoms with Crippen molar-refractivity contribution in [2.24, 2.45) is 10.1 Å². The van der Waals surface area contributed by atoms with Crippen LogP contribution in [0.25, 0.3) is 22.0 Å². The first-order valence-electron chi connectivity index (χ1n) is 8.32. The van der Waals surface area contributed by atoms with Gasteiger partial charge in [-0.3, -0.25) is 4.99 Å². The van der Waals surface area contributed by atoms with Gasteiger partial charge in [0.05, 0.1) is 11.9 Å². The smallest absolute Gasteiger partial charge is 0.205 e. The first kappa shape index (κ1) is 17.7. The second-order valence-corrected chi connectivity index (χ2v) is 7.57. The third-order valence-electron chi connectivity index (χ3n) is 4.28. The summed E-state index contributed by atoms with van der Waals surface area (Å²) < 4.78 is 2.79. The molecule has 0 aliphatic rings. The second kappa shape index (κ2) is 7.50. The van der Waals surface area contributed by atoms with Crippen molar-refractivity contribution >= 4 is 44.3 Å². The summed E-state index contributed by atoms with van der Waals surface area (Å²) in [7, 11) is 1.75. The summed E-state index contributed by atoms with van der Waals surface area (Å²) in [4.78, 5) is 5.11. The fraction of sp³-hybridized carbons (Fsp3) is 0.0476. The third kappa shape index (κ3) is 3.34. The van der Waals surface area contributed by atoms with Gasteiger partial charge in [-0.2, -0.15) is 5.10 Å². The number of halogens is 1. The standard InChI is InChI=1S/C21H16BrN3OS/c1-23-21-25(19(13-27-21)16-8-4-5-9-18(16)22)24-12-17-15-7-3-2-6-14(15)10-11-20(17)26/h2-13,26H,1H3. The van der Waals surface area contributed by atoms with Crippen molar-refractivity contribution in [1.82, 2.24) is 4.68 Å². The van der Waals surface area contributed by atoms with Gasteiger partial charge in [0.25, 0.3) is 0 Å². The van der Waals surface area contributed by atoms with E-state index in [1.807, 2.05) is 60.0 Å². The molecule has 1 aromatic heterocycles. The van der Waals surface area contributed by atoms with Gasteiger partial charge in [0.2, 0.25) is 4.80 Å². The number of benzene rings is 3. The van der Waals surface area contributed by atoms with Crippen molar-refractivity contribution in [2.45, 2.75) is 0 Å². The van der Waals surface area contributed by atoms with E-state index in [4.69, 9.17) is 0 Å². The van der Waals surface area contributed by atoms with E-state index in [9.17, 15) is 5.11 Å². The molecule has 0 spiro atoms. The van der Waals surface area contributed by atoms with Crippen molar-refractivity contribution in [3.05, 3.63) is 80.9 Å².